The molecule has 1 aliphatic heterocycles. The predicted molar refractivity (Wildman–Crippen MR) is 90.4 cm³/mol. The number of rotatable bonds is 3. The lowest BCUT2D eigenvalue weighted by molar-refractivity contribution is 0.217. The molecule has 3 rings (SSSR count). The molecular weight excluding hydrogens is 312 g/mol. The average molecular weight is 333 g/mol. The van der Waals surface area contributed by atoms with Crippen LogP contribution in [0.1, 0.15) is 12.8 Å². The molecule has 0 radical (unpaired) electrons. The third-order valence-corrected chi connectivity index (χ3v) is 4.61. The summed E-state index contributed by atoms with van der Waals surface area (Å²) in [5.74, 6) is 0.773. The van der Waals surface area contributed by atoms with Crippen LogP contribution < -0.4 is 5.32 Å². The van der Waals surface area contributed by atoms with E-state index >= 15 is 0 Å². The Morgan fingerprint density at radius 2 is 2.00 bits per heavy atom. The summed E-state index contributed by atoms with van der Waals surface area (Å²) in [6, 6.07) is 13.0. The second-order valence-corrected chi connectivity index (χ2v) is 6.77. The fraction of sp³-hybridized carbons (Fsp3) is 0.412. The molecule has 1 aliphatic rings. The smallest absolute Gasteiger partial charge is 0.0346 e. The molecule has 1 N–H and O–H groups in total. The summed E-state index contributed by atoms with van der Waals surface area (Å²) in [4.78, 5) is 2.44. The van der Waals surface area contributed by atoms with Gasteiger partial charge in [-0.1, -0.05) is 28.1 Å². The van der Waals surface area contributed by atoms with Crippen LogP contribution >= 0.6 is 15.9 Å². The highest BCUT2D eigenvalue weighted by atomic mass is 79.9. The number of piperidine rings is 1. The maximum atomic E-state index is 3.60. The summed E-state index contributed by atoms with van der Waals surface area (Å²) < 4.78 is 1.14. The van der Waals surface area contributed by atoms with Crippen LogP contribution in [0.3, 0.4) is 0 Å². The molecule has 0 spiro atoms. The zero-order valence-electron chi connectivity index (χ0n) is 11.9. The SMILES string of the molecule is CN1CCCC(CNc2ccc3cc(Br)ccc3c2)C1. The summed E-state index contributed by atoms with van der Waals surface area (Å²) in [5.41, 5.74) is 1.23. The van der Waals surface area contributed by atoms with Crippen molar-refractivity contribution in [3.63, 3.8) is 0 Å². The second kappa shape index (κ2) is 6.15. The van der Waals surface area contributed by atoms with Crippen molar-refractivity contribution in [2.24, 2.45) is 5.92 Å². The lowest BCUT2D eigenvalue weighted by Crippen LogP contribution is -2.35. The Balaban J connectivity index is 1.67. The first-order chi connectivity index (χ1) is 9.70. The van der Waals surface area contributed by atoms with Gasteiger partial charge in [-0.25, -0.2) is 0 Å². The minimum absolute atomic E-state index is 0.773. The molecule has 1 saturated heterocycles. The lowest BCUT2D eigenvalue weighted by Gasteiger charge is -2.30. The van der Waals surface area contributed by atoms with Crippen LogP contribution in [0, 0.1) is 5.92 Å². The number of fused-ring (bicyclic) bond motifs is 1. The van der Waals surface area contributed by atoms with E-state index < -0.39 is 0 Å². The number of benzene rings is 2. The molecule has 2 nitrogen and oxygen atoms in total. The maximum absolute atomic E-state index is 3.60. The van der Waals surface area contributed by atoms with Gasteiger partial charge in [-0.2, -0.15) is 0 Å². The molecule has 106 valence electrons. The van der Waals surface area contributed by atoms with Gasteiger partial charge in [0.2, 0.25) is 0 Å². The van der Waals surface area contributed by atoms with Gasteiger partial charge in [-0.05, 0) is 67.4 Å². The molecule has 0 aromatic heterocycles. The van der Waals surface area contributed by atoms with Crippen LogP contribution in [0.15, 0.2) is 40.9 Å². The van der Waals surface area contributed by atoms with Crippen molar-refractivity contribution >= 4 is 32.4 Å². The average Bonchev–Trinajstić information content (AvgIpc) is 2.45. The van der Waals surface area contributed by atoms with Crippen LogP contribution in [-0.2, 0) is 0 Å². The van der Waals surface area contributed by atoms with E-state index in [4.69, 9.17) is 0 Å². The number of hydrogen-bond donors (Lipinski definition) is 1. The second-order valence-electron chi connectivity index (χ2n) is 5.86. The number of halogens is 1. The Morgan fingerprint density at radius 3 is 2.85 bits per heavy atom. The van der Waals surface area contributed by atoms with Gasteiger partial charge in [-0.3, -0.25) is 0 Å². The standard InChI is InChI=1S/C17H21BrN2/c1-20-8-2-3-13(12-20)11-19-17-7-5-14-9-16(18)6-4-15(14)10-17/h4-7,9-10,13,19H,2-3,8,11-12H2,1H3. The third-order valence-electron chi connectivity index (χ3n) is 4.12. The van der Waals surface area contributed by atoms with Crippen LogP contribution in [0.5, 0.6) is 0 Å². The number of anilines is 1. The zero-order chi connectivity index (χ0) is 13.9. The molecule has 1 atom stereocenters. The Hall–Kier alpha value is -1.06. The van der Waals surface area contributed by atoms with Crippen LogP contribution in [-0.4, -0.2) is 31.6 Å². The summed E-state index contributed by atoms with van der Waals surface area (Å²) in [6.07, 6.45) is 2.67. The minimum atomic E-state index is 0.773. The van der Waals surface area contributed by atoms with E-state index in [9.17, 15) is 0 Å². The van der Waals surface area contributed by atoms with E-state index in [1.807, 2.05) is 0 Å². The maximum Gasteiger partial charge on any atom is 0.0346 e. The lowest BCUT2D eigenvalue weighted by atomic mass is 9.98. The van der Waals surface area contributed by atoms with Gasteiger partial charge in [0.25, 0.3) is 0 Å². The van der Waals surface area contributed by atoms with Crippen molar-refractivity contribution in [3.05, 3.63) is 40.9 Å². The van der Waals surface area contributed by atoms with Gasteiger partial charge in [0.05, 0.1) is 0 Å². The van der Waals surface area contributed by atoms with E-state index in [0.29, 0.717) is 0 Å². The van der Waals surface area contributed by atoms with Crippen molar-refractivity contribution < 1.29 is 0 Å². The molecule has 1 unspecified atom stereocenters. The number of nitrogens with one attached hydrogen (secondary N) is 1. The van der Waals surface area contributed by atoms with Crippen molar-refractivity contribution in [2.75, 3.05) is 32.0 Å². The predicted octanol–water partition coefficient (Wildman–Crippen LogP) is 4.36. The molecule has 0 saturated carbocycles. The highest BCUT2D eigenvalue weighted by Crippen LogP contribution is 2.23. The summed E-state index contributed by atoms with van der Waals surface area (Å²) in [6.45, 7) is 3.54. The first kappa shape index (κ1) is 13.9. The van der Waals surface area contributed by atoms with E-state index in [-0.39, 0.29) is 0 Å². The van der Waals surface area contributed by atoms with Gasteiger partial charge in [0.1, 0.15) is 0 Å². The molecule has 0 aliphatic carbocycles. The third kappa shape index (κ3) is 3.33. The topological polar surface area (TPSA) is 15.3 Å². The molecular formula is C17H21BrN2. The highest BCUT2D eigenvalue weighted by molar-refractivity contribution is 9.10. The van der Waals surface area contributed by atoms with Gasteiger partial charge >= 0.3 is 0 Å². The largest absolute Gasteiger partial charge is 0.385 e. The van der Waals surface area contributed by atoms with E-state index in [2.05, 4.69) is 69.6 Å². The summed E-state index contributed by atoms with van der Waals surface area (Å²) in [5, 5.41) is 6.17. The van der Waals surface area contributed by atoms with E-state index in [0.717, 1.165) is 16.9 Å². The molecule has 2 aromatic rings. The Kier molecular flexibility index (Phi) is 4.27. The Morgan fingerprint density at radius 1 is 1.20 bits per heavy atom. The summed E-state index contributed by atoms with van der Waals surface area (Å²) >= 11 is 3.52. The zero-order valence-corrected chi connectivity index (χ0v) is 13.5. The minimum Gasteiger partial charge on any atom is -0.385 e. The molecule has 1 heterocycles. The van der Waals surface area contributed by atoms with Crippen molar-refractivity contribution in [1.82, 2.24) is 4.90 Å². The Labute approximate surface area is 129 Å². The first-order valence-corrected chi connectivity index (χ1v) is 8.12. The van der Waals surface area contributed by atoms with E-state index in [1.54, 1.807) is 0 Å². The van der Waals surface area contributed by atoms with Crippen molar-refractivity contribution in [2.45, 2.75) is 12.8 Å². The quantitative estimate of drug-likeness (QED) is 0.898. The normalized spacial score (nSPS) is 20.2. The fourth-order valence-electron chi connectivity index (χ4n) is 3.03. The van der Waals surface area contributed by atoms with Gasteiger partial charge in [-0.15, -0.1) is 0 Å². The van der Waals surface area contributed by atoms with Gasteiger partial charge in [0, 0.05) is 23.2 Å². The molecule has 0 bridgehead atoms. The first-order valence-electron chi connectivity index (χ1n) is 7.32. The van der Waals surface area contributed by atoms with Crippen LogP contribution in [0.2, 0.25) is 0 Å². The van der Waals surface area contributed by atoms with Crippen molar-refractivity contribution in [3.8, 4) is 0 Å². The highest BCUT2D eigenvalue weighted by Gasteiger charge is 2.16. The molecule has 20 heavy (non-hydrogen) atoms. The van der Waals surface area contributed by atoms with Crippen LogP contribution in [0.4, 0.5) is 5.69 Å². The van der Waals surface area contributed by atoms with Crippen LogP contribution in [0.25, 0.3) is 10.8 Å². The number of likely N-dealkylation sites (tertiary alicyclic amines) is 1. The fourth-order valence-corrected chi connectivity index (χ4v) is 3.41. The molecule has 1 fully saturated rings. The van der Waals surface area contributed by atoms with E-state index in [1.165, 1.54) is 42.4 Å². The molecule has 0 amide bonds. The summed E-state index contributed by atoms with van der Waals surface area (Å²) in [7, 11) is 2.22. The number of nitrogens with zero attached hydrogens (tertiary/aromatic N) is 1. The number of hydrogen-bond acceptors (Lipinski definition) is 2. The van der Waals surface area contributed by atoms with Gasteiger partial charge in [0.15, 0.2) is 0 Å². The monoisotopic (exact) mass is 332 g/mol. The molecule has 2 aromatic carbocycles. The van der Waals surface area contributed by atoms with Gasteiger partial charge < -0.3 is 10.2 Å². The molecule has 3 heteroatoms. The Bertz CT molecular complexity index is 597. The van der Waals surface area contributed by atoms with Crippen molar-refractivity contribution in [1.29, 1.82) is 0 Å².